The van der Waals surface area contributed by atoms with Crippen LogP contribution in [0.15, 0.2) is 36.7 Å². The van der Waals surface area contributed by atoms with Crippen molar-refractivity contribution in [2.45, 2.75) is 31.7 Å². The van der Waals surface area contributed by atoms with E-state index < -0.39 is 0 Å². The van der Waals surface area contributed by atoms with Crippen molar-refractivity contribution in [1.29, 1.82) is 0 Å². The molecule has 2 fully saturated rings. The molecule has 4 rings (SSSR count). The van der Waals surface area contributed by atoms with Crippen molar-refractivity contribution < 1.29 is 4.39 Å². The topological polar surface area (TPSA) is 32.3 Å². The van der Waals surface area contributed by atoms with Crippen LogP contribution in [0.2, 0.25) is 0 Å². The molecule has 0 amide bonds. The van der Waals surface area contributed by atoms with Gasteiger partial charge in [-0.3, -0.25) is 4.90 Å². The Morgan fingerprint density at radius 2 is 1.75 bits per heavy atom. The van der Waals surface area contributed by atoms with Crippen LogP contribution in [0.3, 0.4) is 0 Å². The molecule has 4 nitrogen and oxygen atoms in total. The molecule has 2 heterocycles. The number of nitrogens with zero attached hydrogens (tertiary/aromatic N) is 4. The van der Waals surface area contributed by atoms with E-state index in [4.69, 9.17) is 0 Å². The Hall–Kier alpha value is -2.01. The maximum atomic E-state index is 13.0. The van der Waals surface area contributed by atoms with Crippen LogP contribution in [0.5, 0.6) is 0 Å². The van der Waals surface area contributed by atoms with Crippen LogP contribution in [0.1, 0.15) is 36.4 Å². The molecule has 1 saturated carbocycles. The van der Waals surface area contributed by atoms with E-state index in [1.807, 2.05) is 12.1 Å². The number of piperazine rings is 1. The minimum absolute atomic E-state index is 0.172. The van der Waals surface area contributed by atoms with Gasteiger partial charge in [0.15, 0.2) is 0 Å². The quantitative estimate of drug-likeness (QED) is 0.864. The summed E-state index contributed by atoms with van der Waals surface area (Å²) >= 11 is 0. The normalized spacial score (nSPS) is 19.3. The minimum atomic E-state index is -0.172. The van der Waals surface area contributed by atoms with Crippen molar-refractivity contribution in [3.05, 3.63) is 53.7 Å². The molecule has 0 unspecified atom stereocenters. The molecule has 0 spiro atoms. The van der Waals surface area contributed by atoms with E-state index in [0.717, 1.165) is 38.5 Å². The van der Waals surface area contributed by atoms with Gasteiger partial charge >= 0.3 is 0 Å². The Morgan fingerprint density at radius 1 is 1.00 bits per heavy atom. The highest BCUT2D eigenvalue weighted by molar-refractivity contribution is 5.40. The van der Waals surface area contributed by atoms with Crippen molar-refractivity contribution in [1.82, 2.24) is 14.9 Å². The fourth-order valence-corrected chi connectivity index (χ4v) is 3.44. The third-order valence-corrected chi connectivity index (χ3v) is 5.21. The van der Waals surface area contributed by atoms with Gasteiger partial charge in [0.05, 0.1) is 0 Å². The molecule has 0 bridgehead atoms. The molecular weight excluding hydrogens is 303 g/mol. The second-order valence-corrected chi connectivity index (χ2v) is 6.82. The Kier molecular flexibility index (Phi) is 4.43. The summed E-state index contributed by atoms with van der Waals surface area (Å²) in [6, 6.07) is 9.00. The zero-order chi connectivity index (χ0) is 16.4. The molecule has 0 radical (unpaired) electrons. The molecule has 2 aromatic rings. The number of hydrogen-bond donors (Lipinski definition) is 0. The standard InChI is InChI=1S/C19H23FN4/c20-17-6-4-15(5-7-17)13-23-8-10-24(11-9-23)19-12-18(21-14-22-19)16-2-1-3-16/h4-7,12,14,16H,1-3,8-11,13H2. The van der Waals surface area contributed by atoms with Crippen molar-refractivity contribution in [3.63, 3.8) is 0 Å². The molecule has 1 aliphatic heterocycles. The van der Waals surface area contributed by atoms with Crippen LogP contribution in [-0.2, 0) is 6.54 Å². The lowest BCUT2D eigenvalue weighted by Crippen LogP contribution is -2.46. The number of benzene rings is 1. The first-order valence-corrected chi connectivity index (χ1v) is 8.81. The maximum Gasteiger partial charge on any atom is 0.132 e. The van der Waals surface area contributed by atoms with Crippen LogP contribution < -0.4 is 4.90 Å². The highest BCUT2D eigenvalue weighted by Gasteiger charge is 2.23. The van der Waals surface area contributed by atoms with Gasteiger partial charge in [0, 0.05) is 50.4 Å². The van der Waals surface area contributed by atoms with Crippen LogP contribution >= 0.6 is 0 Å². The van der Waals surface area contributed by atoms with E-state index in [1.165, 1.54) is 42.7 Å². The summed E-state index contributed by atoms with van der Waals surface area (Å²) in [4.78, 5) is 13.7. The smallest absolute Gasteiger partial charge is 0.132 e. The Morgan fingerprint density at radius 3 is 2.42 bits per heavy atom. The molecule has 126 valence electrons. The number of hydrogen-bond acceptors (Lipinski definition) is 4. The first kappa shape index (κ1) is 15.5. The van der Waals surface area contributed by atoms with Crippen molar-refractivity contribution in [3.8, 4) is 0 Å². The van der Waals surface area contributed by atoms with E-state index in [0.29, 0.717) is 5.92 Å². The van der Waals surface area contributed by atoms with Crippen LogP contribution in [0.4, 0.5) is 10.2 Å². The zero-order valence-corrected chi connectivity index (χ0v) is 13.9. The van der Waals surface area contributed by atoms with Gasteiger partial charge < -0.3 is 4.90 Å². The van der Waals surface area contributed by atoms with E-state index in [1.54, 1.807) is 6.33 Å². The Bertz CT molecular complexity index is 676. The maximum absolute atomic E-state index is 13.0. The van der Waals surface area contributed by atoms with Gasteiger partial charge in [-0.15, -0.1) is 0 Å². The molecular formula is C19H23FN4. The van der Waals surface area contributed by atoms with Crippen LogP contribution in [-0.4, -0.2) is 41.0 Å². The summed E-state index contributed by atoms with van der Waals surface area (Å²) in [5.74, 6) is 1.54. The molecule has 0 atom stereocenters. The van der Waals surface area contributed by atoms with Gasteiger partial charge in [0.1, 0.15) is 18.0 Å². The summed E-state index contributed by atoms with van der Waals surface area (Å²) in [5.41, 5.74) is 2.37. The molecule has 1 saturated heterocycles. The molecule has 2 aliphatic rings. The summed E-state index contributed by atoms with van der Waals surface area (Å²) in [6.45, 7) is 4.83. The molecule has 1 aliphatic carbocycles. The lowest BCUT2D eigenvalue weighted by molar-refractivity contribution is 0.249. The SMILES string of the molecule is Fc1ccc(CN2CCN(c3cc(C4CCC4)ncn3)CC2)cc1. The van der Waals surface area contributed by atoms with Crippen molar-refractivity contribution >= 4 is 5.82 Å². The lowest BCUT2D eigenvalue weighted by atomic mass is 9.83. The van der Waals surface area contributed by atoms with Gasteiger partial charge in [-0.1, -0.05) is 18.6 Å². The predicted molar refractivity (Wildman–Crippen MR) is 92.5 cm³/mol. The van der Waals surface area contributed by atoms with Gasteiger partial charge in [-0.25, -0.2) is 14.4 Å². The Balaban J connectivity index is 1.35. The van der Waals surface area contributed by atoms with E-state index in [9.17, 15) is 4.39 Å². The molecule has 24 heavy (non-hydrogen) atoms. The summed E-state index contributed by atoms with van der Waals surface area (Å²) < 4.78 is 13.0. The number of anilines is 1. The van der Waals surface area contributed by atoms with Gasteiger partial charge in [0.2, 0.25) is 0 Å². The number of halogens is 1. The van der Waals surface area contributed by atoms with Crippen LogP contribution in [0, 0.1) is 5.82 Å². The van der Waals surface area contributed by atoms with Crippen molar-refractivity contribution in [2.24, 2.45) is 0 Å². The summed E-state index contributed by atoms with van der Waals surface area (Å²) in [7, 11) is 0. The summed E-state index contributed by atoms with van der Waals surface area (Å²) in [6.07, 6.45) is 5.57. The minimum Gasteiger partial charge on any atom is -0.354 e. The van der Waals surface area contributed by atoms with E-state index in [2.05, 4.69) is 25.8 Å². The van der Waals surface area contributed by atoms with E-state index >= 15 is 0 Å². The van der Waals surface area contributed by atoms with E-state index in [-0.39, 0.29) is 5.82 Å². The number of rotatable bonds is 4. The average molecular weight is 326 g/mol. The second-order valence-electron chi connectivity index (χ2n) is 6.82. The van der Waals surface area contributed by atoms with Gasteiger partial charge in [-0.05, 0) is 30.5 Å². The largest absolute Gasteiger partial charge is 0.354 e. The third kappa shape index (κ3) is 3.41. The highest BCUT2D eigenvalue weighted by atomic mass is 19.1. The van der Waals surface area contributed by atoms with Gasteiger partial charge in [-0.2, -0.15) is 0 Å². The molecule has 0 N–H and O–H groups in total. The lowest BCUT2D eigenvalue weighted by Gasteiger charge is -2.35. The zero-order valence-electron chi connectivity index (χ0n) is 13.9. The highest BCUT2D eigenvalue weighted by Crippen LogP contribution is 2.35. The van der Waals surface area contributed by atoms with Crippen LogP contribution in [0.25, 0.3) is 0 Å². The molecule has 1 aromatic heterocycles. The fourth-order valence-electron chi connectivity index (χ4n) is 3.44. The first-order valence-electron chi connectivity index (χ1n) is 8.81. The fraction of sp³-hybridized carbons (Fsp3) is 0.474. The first-order chi connectivity index (χ1) is 11.8. The predicted octanol–water partition coefficient (Wildman–Crippen LogP) is 3.21. The monoisotopic (exact) mass is 326 g/mol. The Labute approximate surface area is 142 Å². The second kappa shape index (κ2) is 6.85. The molecule has 5 heteroatoms. The third-order valence-electron chi connectivity index (χ3n) is 5.21. The number of aromatic nitrogens is 2. The summed E-state index contributed by atoms with van der Waals surface area (Å²) in [5, 5.41) is 0. The van der Waals surface area contributed by atoms with Crippen molar-refractivity contribution in [2.75, 3.05) is 31.1 Å². The molecule has 1 aromatic carbocycles. The average Bonchev–Trinajstić information content (AvgIpc) is 2.56. The van der Waals surface area contributed by atoms with Gasteiger partial charge in [0.25, 0.3) is 0 Å².